The van der Waals surface area contributed by atoms with Crippen molar-refractivity contribution >= 4 is 131 Å². The Kier molecular flexibility index (Phi) is 34.4. The first-order valence-corrected chi connectivity index (χ1v) is 31.4. The SMILES string of the molecule is NC(Cc1cc(Br)ccc1O)C(CC(=O)[O-])(Cc1cc(Br)ccc1O)NCC(=O)[O-].NC(Cc1cc(Br)ccc1O)C(CC(=O)[O-])(Cc1cc(Br)ccc1O)NCC(=O)[O-].NC(Cc1cc(Br)ccc1O)C(CC(=O)[O-])(Cc1cc(Br)ccc1O)NCC(=O)[O-].[Fe+3].[Fe+3]. The fraction of sp³-hybridized carbons (Fsp3) is 0.300. The standard InChI is InChI=1S/3C20H22Br2N2O6.2Fe/c3*21-13-1-3-15(25)11(5-13)7-17(23)20(9-18(27)28,24-10-19(29)30)8-12-6-14(22)2-4-16(12)26;;/h3*1-6,17,24-26H,7-10,23H2,(H,27,28)(H,29,30);;/q;;;2*+3/p-6. The molecule has 6 atom stereocenters. The van der Waals surface area contributed by atoms with Gasteiger partial charge in [-0.15, -0.1) is 0 Å². The molecule has 15 N–H and O–H groups in total. The number of rotatable bonds is 30. The molecule has 6 aromatic rings. The van der Waals surface area contributed by atoms with Crippen LogP contribution in [0.15, 0.2) is 136 Å². The van der Waals surface area contributed by atoms with Gasteiger partial charge in [-0.05, 0) is 181 Å². The van der Waals surface area contributed by atoms with Crippen molar-refractivity contribution in [3.05, 3.63) is 169 Å². The summed E-state index contributed by atoms with van der Waals surface area (Å²) in [6.07, 6.45) is -2.19. The van der Waals surface area contributed by atoms with Crippen LogP contribution in [0, 0.1) is 0 Å². The van der Waals surface area contributed by atoms with E-state index in [9.17, 15) is 90.0 Å². The maximum Gasteiger partial charge on any atom is 3.00 e. The monoisotopic (exact) mass is 1740 g/mol. The number of phenols is 6. The molecular formula is C60H60Br6Fe2N6O18. The predicted octanol–water partition coefficient (Wildman–Crippen LogP) is -0.144. The van der Waals surface area contributed by atoms with E-state index in [0.29, 0.717) is 60.2 Å². The Morgan fingerprint density at radius 2 is 0.511 bits per heavy atom. The minimum atomic E-state index is -1.52. The number of carbonyl (C=O) groups is 6. The third-order valence-electron chi connectivity index (χ3n) is 14.3. The average molecular weight is 1740 g/mol. The number of phenolic OH excluding ortho intramolecular Hbond substituents is 6. The third kappa shape index (κ3) is 26.1. The van der Waals surface area contributed by atoms with E-state index >= 15 is 0 Å². The normalized spacial score (nSPS) is 13.8. The zero-order valence-corrected chi connectivity index (χ0v) is 59.6. The summed E-state index contributed by atoms with van der Waals surface area (Å²) < 4.78 is 3.95. The number of nitrogens with two attached hydrogens (primary N) is 3. The summed E-state index contributed by atoms with van der Waals surface area (Å²) in [7, 11) is 0. The van der Waals surface area contributed by atoms with E-state index in [1.165, 1.54) is 36.4 Å². The maximum absolute atomic E-state index is 11.6. The molecule has 6 rings (SSSR count). The van der Waals surface area contributed by atoms with Crippen LogP contribution >= 0.6 is 95.6 Å². The van der Waals surface area contributed by atoms with Gasteiger partial charge in [-0.2, -0.15) is 0 Å². The molecule has 0 spiro atoms. The second-order valence-corrected chi connectivity index (χ2v) is 26.4. The fourth-order valence-electron chi connectivity index (χ4n) is 9.82. The number of carboxylic acids is 6. The number of carbonyl (C=O) groups excluding carboxylic acids is 6. The molecule has 0 heterocycles. The van der Waals surface area contributed by atoms with Gasteiger partial charge >= 0.3 is 34.1 Å². The Hall–Kier alpha value is -5.38. The molecule has 0 saturated heterocycles. The van der Waals surface area contributed by atoms with Crippen LogP contribution in [0.25, 0.3) is 0 Å². The van der Waals surface area contributed by atoms with E-state index in [1.54, 1.807) is 72.8 Å². The van der Waals surface area contributed by atoms with Crippen molar-refractivity contribution in [2.24, 2.45) is 17.2 Å². The summed E-state index contributed by atoms with van der Waals surface area (Å²) in [5, 5.41) is 137. The molecule has 6 unspecified atom stereocenters. The van der Waals surface area contributed by atoms with Crippen molar-refractivity contribution in [1.82, 2.24) is 16.0 Å². The second-order valence-electron chi connectivity index (χ2n) is 20.9. The largest absolute Gasteiger partial charge is 3.00 e. The van der Waals surface area contributed by atoms with Crippen LogP contribution in [0.4, 0.5) is 0 Å². The molecule has 0 saturated carbocycles. The molecule has 2 radical (unpaired) electrons. The molecule has 24 nitrogen and oxygen atoms in total. The van der Waals surface area contributed by atoms with Crippen molar-refractivity contribution in [2.75, 3.05) is 19.6 Å². The van der Waals surface area contributed by atoms with Crippen LogP contribution in [-0.2, 0) is 101 Å². The van der Waals surface area contributed by atoms with Gasteiger partial charge in [0.25, 0.3) is 0 Å². The quantitative estimate of drug-likeness (QED) is 0.0261. The van der Waals surface area contributed by atoms with Gasteiger partial charge in [0.05, 0.1) is 17.9 Å². The Bertz CT molecular complexity index is 3190. The van der Waals surface area contributed by atoms with Gasteiger partial charge in [-0.25, -0.2) is 0 Å². The molecule has 0 bridgehead atoms. The second kappa shape index (κ2) is 38.2. The summed E-state index contributed by atoms with van der Waals surface area (Å²) in [4.78, 5) is 68.1. The Morgan fingerprint density at radius 1 is 0.337 bits per heavy atom. The zero-order valence-electron chi connectivity index (χ0n) is 47.9. The molecule has 0 aliphatic carbocycles. The van der Waals surface area contributed by atoms with E-state index in [-0.39, 0.29) is 107 Å². The van der Waals surface area contributed by atoms with Crippen LogP contribution in [0.2, 0.25) is 0 Å². The van der Waals surface area contributed by atoms with Gasteiger partial charge in [0.15, 0.2) is 0 Å². The average Bonchev–Trinajstić information content (AvgIpc) is 0.898. The van der Waals surface area contributed by atoms with E-state index in [1.807, 2.05) is 0 Å². The summed E-state index contributed by atoms with van der Waals surface area (Å²) in [5.74, 6) is -9.14. The number of aromatic hydroxyl groups is 6. The first-order valence-electron chi connectivity index (χ1n) is 26.6. The molecule has 0 aliphatic rings. The van der Waals surface area contributed by atoms with Crippen LogP contribution in [-0.4, -0.2) is 121 Å². The van der Waals surface area contributed by atoms with E-state index in [0.717, 1.165) is 0 Å². The predicted molar refractivity (Wildman–Crippen MR) is 337 cm³/mol. The number of carboxylic acid groups (broad SMARTS) is 6. The summed E-state index contributed by atoms with van der Waals surface area (Å²) in [6.45, 7) is -2.00. The van der Waals surface area contributed by atoms with Crippen molar-refractivity contribution in [3.63, 3.8) is 0 Å². The molecule has 0 aliphatic heterocycles. The molecule has 0 amide bonds. The Morgan fingerprint density at radius 3 is 0.685 bits per heavy atom. The number of benzene rings is 6. The fourth-order valence-corrected chi connectivity index (χ4v) is 12.3. The first kappa shape index (κ1) is 82.7. The number of hydrogen-bond acceptors (Lipinski definition) is 24. The van der Waals surface area contributed by atoms with Crippen LogP contribution in [0.5, 0.6) is 34.5 Å². The first-order chi connectivity index (χ1) is 42.1. The minimum Gasteiger partial charge on any atom is -0.550 e. The van der Waals surface area contributed by atoms with Gasteiger partial charge in [-0.3, -0.25) is 0 Å². The smallest absolute Gasteiger partial charge is 0.550 e. The number of halogens is 6. The maximum atomic E-state index is 11.6. The molecule has 0 aromatic heterocycles. The zero-order chi connectivity index (χ0) is 67.4. The van der Waals surface area contributed by atoms with Crippen molar-refractivity contribution < 1.29 is 124 Å². The number of hydrogen-bond donors (Lipinski definition) is 12. The Balaban J connectivity index is 0.000000465. The third-order valence-corrected chi connectivity index (χ3v) is 17.3. The van der Waals surface area contributed by atoms with Crippen LogP contribution < -0.4 is 63.8 Å². The van der Waals surface area contributed by atoms with Crippen LogP contribution in [0.1, 0.15) is 52.6 Å². The number of aliphatic carboxylic acids is 6. The van der Waals surface area contributed by atoms with Gasteiger partial charge in [0.2, 0.25) is 0 Å². The van der Waals surface area contributed by atoms with Crippen molar-refractivity contribution in [2.45, 2.75) is 92.5 Å². The summed E-state index contributed by atoms with van der Waals surface area (Å²) in [6, 6.07) is 25.1. The van der Waals surface area contributed by atoms with E-state index in [2.05, 4.69) is 112 Å². The summed E-state index contributed by atoms with van der Waals surface area (Å²) >= 11 is 19.8. The van der Waals surface area contributed by atoms with E-state index in [4.69, 9.17) is 17.2 Å². The van der Waals surface area contributed by atoms with Gasteiger partial charge < -0.3 is 123 Å². The van der Waals surface area contributed by atoms with Gasteiger partial charge in [0.1, 0.15) is 34.5 Å². The van der Waals surface area contributed by atoms with Crippen molar-refractivity contribution in [3.8, 4) is 34.5 Å². The van der Waals surface area contributed by atoms with Crippen LogP contribution in [0.3, 0.4) is 0 Å². The Labute approximate surface area is 599 Å². The summed E-state index contributed by atoms with van der Waals surface area (Å²) in [5.41, 5.74) is 17.0. The molecule has 496 valence electrons. The molecular weight excluding hydrogens is 1680 g/mol. The molecule has 92 heavy (non-hydrogen) atoms. The molecule has 32 heteroatoms. The van der Waals surface area contributed by atoms with Gasteiger partial charge in [0, 0.05) is 118 Å². The topological polar surface area (TPSA) is 476 Å². The number of nitrogens with one attached hydrogen (secondary N) is 3. The molecule has 6 aromatic carbocycles. The van der Waals surface area contributed by atoms with Crippen molar-refractivity contribution in [1.29, 1.82) is 0 Å². The molecule has 0 fully saturated rings. The minimum absolute atomic E-state index is 0. The van der Waals surface area contributed by atoms with E-state index < -0.39 is 109 Å². The van der Waals surface area contributed by atoms with Gasteiger partial charge in [-0.1, -0.05) is 95.6 Å².